The van der Waals surface area contributed by atoms with Gasteiger partial charge in [-0.3, -0.25) is 9.80 Å². The van der Waals surface area contributed by atoms with Gasteiger partial charge in [-0.2, -0.15) is 5.10 Å². The van der Waals surface area contributed by atoms with Gasteiger partial charge < -0.3 is 5.84 Å². The van der Waals surface area contributed by atoms with Crippen molar-refractivity contribution in [1.82, 2.24) is 9.80 Å². The molecule has 4 nitrogen and oxygen atoms in total. The highest BCUT2D eigenvalue weighted by molar-refractivity contribution is 5.97. The van der Waals surface area contributed by atoms with Crippen molar-refractivity contribution in [2.45, 2.75) is 13.8 Å². The maximum atomic E-state index is 5.58. The largest absolute Gasteiger partial charge is 0.323 e. The molecule has 4 saturated heterocycles. The minimum absolute atomic E-state index is 0.207. The number of nitrogens with zero attached hydrogens (tertiary/aromatic N) is 3. The Bertz CT molecular complexity index is 271. The van der Waals surface area contributed by atoms with Crippen LogP contribution in [0.3, 0.4) is 0 Å². The Hall–Kier alpha value is -0.610. The van der Waals surface area contributed by atoms with Gasteiger partial charge in [0.1, 0.15) is 0 Å². The van der Waals surface area contributed by atoms with E-state index in [-0.39, 0.29) is 10.8 Å². The Morgan fingerprint density at radius 1 is 1.07 bits per heavy atom. The van der Waals surface area contributed by atoms with Gasteiger partial charge in [-0.25, -0.2) is 0 Å². The quantitative estimate of drug-likeness (QED) is 0.433. The lowest BCUT2D eigenvalue weighted by Crippen LogP contribution is -2.74. The van der Waals surface area contributed by atoms with Crippen molar-refractivity contribution in [3.63, 3.8) is 0 Å². The average molecular weight is 194 g/mol. The van der Waals surface area contributed by atoms with E-state index in [4.69, 9.17) is 5.84 Å². The van der Waals surface area contributed by atoms with Crippen LogP contribution in [0.5, 0.6) is 0 Å². The van der Waals surface area contributed by atoms with E-state index in [0.717, 1.165) is 32.8 Å². The minimum atomic E-state index is 0.207. The van der Waals surface area contributed by atoms with Crippen molar-refractivity contribution in [3.8, 4) is 0 Å². The number of hydrazone groups is 1. The summed E-state index contributed by atoms with van der Waals surface area (Å²) in [7, 11) is 0. The molecule has 0 aromatic carbocycles. The normalized spacial score (nSPS) is 55.1. The van der Waals surface area contributed by atoms with Gasteiger partial charge in [0.2, 0.25) is 0 Å². The Morgan fingerprint density at radius 3 is 1.86 bits per heavy atom. The standard InChI is InChI=1S/C10H18N4/c1-9-3-13-5-10(2,8(9)12-11)6-14(4-9)7-13/h3-7,11H2,1-2H3. The third-order valence-corrected chi connectivity index (χ3v) is 3.96. The van der Waals surface area contributed by atoms with Crippen LogP contribution in [0.2, 0.25) is 0 Å². The first-order valence-electron chi connectivity index (χ1n) is 5.29. The van der Waals surface area contributed by atoms with E-state index in [1.54, 1.807) is 0 Å². The van der Waals surface area contributed by atoms with Crippen LogP contribution < -0.4 is 5.84 Å². The van der Waals surface area contributed by atoms with Crippen LogP contribution in [-0.2, 0) is 0 Å². The van der Waals surface area contributed by atoms with E-state index >= 15 is 0 Å². The lowest BCUT2D eigenvalue weighted by molar-refractivity contribution is -0.0738. The molecule has 4 bridgehead atoms. The van der Waals surface area contributed by atoms with Crippen LogP contribution in [0, 0.1) is 10.8 Å². The first-order chi connectivity index (χ1) is 6.56. The molecule has 0 saturated carbocycles. The molecule has 4 rings (SSSR count). The number of piperidine rings is 2. The lowest BCUT2D eigenvalue weighted by atomic mass is 9.62. The molecule has 0 aliphatic carbocycles. The van der Waals surface area contributed by atoms with Gasteiger partial charge in [-0.05, 0) is 0 Å². The Labute approximate surface area is 84.7 Å². The summed E-state index contributed by atoms with van der Waals surface area (Å²) in [6.45, 7) is 10.3. The molecule has 0 atom stereocenters. The molecule has 78 valence electrons. The smallest absolute Gasteiger partial charge is 0.0544 e. The summed E-state index contributed by atoms with van der Waals surface area (Å²) in [5, 5.41) is 4.09. The van der Waals surface area contributed by atoms with Gasteiger partial charge in [0.15, 0.2) is 0 Å². The third-order valence-electron chi connectivity index (χ3n) is 3.96. The summed E-state index contributed by atoms with van der Waals surface area (Å²) < 4.78 is 0. The van der Waals surface area contributed by atoms with Gasteiger partial charge in [0.05, 0.1) is 12.4 Å². The van der Waals surface area contributed by atoms with E-state index < -0.39 is 0 Å². The predicted octanol–water partition coefficient (Wildman–Crippen LogP) is -0.0840. The topological polar surface area (TPSA) is 44.9 Å². The molecular formula is C10H18N4. The zero-order chi connectivity index (χ0) is 9.97. The van der Waals surface area contributed by atoms with Crippen LogP contribution >= 0.6 is 0 Å². The highest BCUT2D eigenvalue weighted by Crippen LogP contribution is 2.46. The predicted molar refractivity (Wildman–Crippen MR) is 55.8 cm³/mol. The number of rotatable bonds is 0. The Kier molecular flexibility index (Phi) is 1.43. The van der Waals surface area contributed by atoms with Crippen LogP contribution in [-0.4, -0.2) is 48.4 Å². The van der Waals surface area contributed by atoms with Gasteiger partial charge in [-0.1, -0.05) is 13.8 Å². The van der Waals surface area contributed by atoms with E-state index in [2.05, 4.69) is 28.7 Å². The molecule has 4 heteroatoms. The Balaban J connectivity index is 2.10. The molecule has 4 aliphatic rings. The fourth-order valence-corrected chi connectivity index (χ4v) is 4.01. The number of nitrogens with two attached hydrogens (primary N) is 1. The second-order valence-electron chi connectivity index (χ2n) is 5.71. The SMILES string of the molecule is CC12CN3CN(C1)CC(C)(C3)C2=NN. The molecule has 2 N–H and O–H groups in total. The molecule has 4 aliphatic heterocycles. The van der Waals surface area contributed by atoms with Crippen LogP contribution in [0.1, 0.15) is 13.8 Å². The molecule has 0 amide bonds. The maximum absolute atomic E-state index is 5.58. The molecule has 0 aromatic rings. The monoisotopic (exact) mass is 194 g/mol. The summed E-state index contributed by atoms with van der Waals surface area (Å²) in [5.41, 5.74) is 1.66. The average Bonchev–Trinajstić information content (AvgIpc) is 1.97. The van der Waals surface area contributed by atoms with E-state index in [1.165, 1.54) is 5.71 Å². The molecule has 0 aromatic heterocycles. The summed E-state index contributed by atoms with van der Waals surface area (Å²) in [5.74, 6) is 5.58. The molecular weight excluding hydrogens is 176 g/mol. The summed E-state index contributed by atoms with van der Waals surface area (Å²) >= 11 is 0. The molecule has 4 heterocycles. The van der Waals surface area contributed by atoms with Gasteiger partial charge in [-0.15, -0.1) is 0 Å². The molecule has 0 spiro atoms. The van der Waals surface area contributed by atoms with Crippen molar-refractivity contribution in [1.29, 1.82) is 0 Å². The summed E-state index contributed by atoms with van der Waals surface area (Å²) in [6, 6.07) is 0. The van der Waals surface area contributed by atoms with Crippen molar-refractivity contribution < 1.29 is 0 Å². The Morgan fingerprint density at radius 2 is 1.50 bits per heavy atom. The van der Waals surface area contributed by atoms with E-state index in [0.29, 0.717) is 0 Å². The molecule has 0 radical (unpaired) electrons. The van der Waals surface area contributed by atoms with Crippen molar-refractivity contribution in [2.24, 2.45) is 21.8 Å². The highest BCUT2D eigenvalue weighted by Gasteiger charge is 2.57. The van der Waals surface area contributed by atoms with Crippen molar-refractivity contribution in [3.05, 3.63) is 0 Å². The second-order valence-corrected chi connectivity index (χ2v) is 5.71. The van der Waals surface area contributed by atoms with E-state index in [1.807, 2.05) is 0 Å². The summed E-state index contributed by atoms with van der Waals surface area (Å²) in [4.78, 5) is 5.06. The highest BCUT2D eigenvalue weighted by atomic mass is 15.4. The van der Waals surface area contributed by atoms with Gasteiger partial charge >= 0.3 is 0 Å². The lowest BCUT2D eigenvalue weighted by Gasteiger charge is -2.62. The van der Waals surface area contributed by atoms with Gasteiger partial charge in [0.25, 0.3) is 0 Å². The fourth-order valence-electron chi connectivity index (χ4n) is 4.01. The minimum Gasteiger partial charge on any atom is -0.323 e. The maximum Gasteiger partial charge on any atom is 0.0544 e. The number of hydrogen-bond donors (Lipinski definition) is 1. The van der Waals surface area contributed by atoms with Gasteiger partial charge in [0, 0.05) is 37.0 Å². The molecule has 0 unspecified atom stereocenters. The van der Waals surface area contributed by atoms with Crippen LogP contribution in [0.15, 0.2) is 5.10 Å². The molecule has 14 heavy (non-hydrogen) atoms. The fraction of sp³-hybridized carbons (Fsp3) is 0.900. The van der Waals surface area contributed by atoms with Crippen LogP contribution in [0.25, 0.3) is 0 Å². The van der Waals surface area contributed by atoms with E-state index in [9.17, 15) is 0 Å². The third kappa shape index (κ3) is 0.880. The van der Waals surface area contributed by atoms with Crippen molar-refractivity contribution >= 4 is 5.71 Å². The zero-order valence-corrected chi connectivity index (χ0v) is 8.95. The first kappa shape index (κ1) is 8.68. The molecule has 4 fully saturated rings. The van der Waals surface area contributed by atoms with Crippen LogP contribution in [0.4, 0.5) is 0 Å². The number of hydrogen-bond acceptors (Lipinski definition) is 4. The first-order valence-corrected chi connectivity index (χ1v) is 5.29. The summed E-state index contributed by atoms with van der Waals surface area (Å²) in [6.07, 6.45) is 0. The van der Waals surface area contributed by atoms with Crippen molar-refractivity contribution in [2.75, 3.05) is 32.8 Å². The second kappa shape index (κ2) is 2.31. The zero-order valence-electron chi connectivity index (χ0n) is 8.95.